The number of benzene rings is 1. The van der Waals surface area contributed by atoms with Gasteiger partial charge in [0.05, 0.1) is 15.1 Å². The Morgan fingerprint density at radius 3 is 2.59 bits per heavy atom. The molecule has 0 aliphatic heterocycles. The zero-order chi connectivity index (χ0) is 15.5. The van der Waals surface area contributed by atoms with Crippen LogP contribution < -0.4 is 9.60 Å². The molecule has 0 radical (unpaired) electrons. The van der Waals surface area contributed by atoms with Crippen LogP contribution in [0.5, 0.6) is 0 Å². The lowest BCUT2D eigenvalue weighted by Gasteiger charge is -2.06. The highest BCUT2D eigenvalue weighted by molar-refractivity contribution is 7.89. The lowest BCUT2D eigenvalue weighted by atomic mass is 10.0. The number of hydrogen-bond acceptors (Lipinski definition) is 4. The average Bonchev–Trinajstić information content (AvgIpc) is 3.10. The van der Waals surface area contributed by atoms with Crippen LogP contribution in [0.4, 0.5) is 0 Å². The molecular weight excluding hydrogens is 320 g/mol. The Kier molecular flexibility index (Phi) is 3.22. The van der Waals surface area contributed by atoms with Gasteiger partial charge in [-0.1, -0.05) is 24.2 Å². The first-order valence-corrected chi connectivity index (χ1v) is 9.89. The van der Waals surface area contributed by atoms with Crippen molar-refractivity contribution in [3.63, 3.8) is 0 Å². The number of aromatic nitrogens is 1. The van der Waals surface area contributed by atoms with Crippen molar-refractivity contribution in [3.8, 4) is 0 Å². The smallest absolute Gasteiger partial charge is 0.302 e. The second-order valence-corrected chi connectivity index (χ2v) is 9.02. The molecule has 0 bridgehead atoms. The van der Waals surface area contributed by atoms with Gasteiger partial charge < -0.3 is 4.57 Å². The summed E-state index contributed by atoms with van der Waals surface area (Å²) in [5.41, 5.74) is 0.772. The Hall–Kier alpha value is -1.18. The number of fused-ring (bicyclic) bond motifs is 2. The highest BCUT2D eigenvalue weighted by Gasteiger charge is 2.52. The van der Waals surface area contributed by atoms with Gasteiger partial charge in [0.15, 0.2) is 0 Å². The number of nitrogens with zero attached hydrogens (tertiary/aromatic N) is 1. The molecule has 118 valence electrons. The first-order chi connectivity index (χ1) is 10.5. The highest BCUT2D eigenvalue weighted by Crippen LogP contribution is 2.50. The Bertz CT molecular complexity index is 885. The molecule has 0 spiro atoms. The number of rotatable bonds is 3. The van der Waals surface area contributed by atoms with Gasteiger partial charge in [0.25, 0.3) is 0 Å². The first kappa shape index (κ1) is 14.4. The van der Waals surface area contributed by atoms with E-state index in [1.54, 1.807) is 29.8 Å². The van der Waals surface area contributed by atoms with Crippen molar-refractivity contribution in [2.45, 2.75) is 36.6 Å². The largest absolute Gasteiger partial charge is 0.307 e. The van der Waals surface area contributed by atoms with E-state index < -0.39 is 10.0 Å². The fraction of sp³-hybridized carbons (Fsp3) is 0.533. The van der Waals surface area contributed by atoms with Crippen molar-refractivity contribution >= 4 is 31.6 Å². The molecule has 1 aromatic heterocycles. The minimum atomic E-state index is -3.50. The molecule has 2 aliphatic rings. The first-order valence-electron chi connectivity index (χ1n) is 7.59. The normalized spacial score (nSPS) is 27.8. The van der Waals surface area contributed by atoms with E-state index in [9.17, 15) is 13.2 Å². The molecule has 2 saturated carbocycles. The fourth-order valence-corrected chi connectivity index (χ4v) is 6.05. The van der Waals surface area contributed by atoms with Gasteiger partial charge in [0.2, 0.25) is 10.0 Å². The maximum Gasteiger partial charge on any atom is 0.307 e. The zero-order valence-corrected chi connectivity index (χ0v) is 13.9. The van der Waals surface area contributed by atoms with Crippen molar-refractivity contribution in [3.05, 3.63) is 27.9 Å². The van der Waals surface area contributed by atoms with E-state index in [0.717, 1.165) is 29.7 Å². The molecule has 1 heterocycles. The zero-order valence-electron chi connectivity index (χ0n) is 12.3. The summed E-state index contributed by atoms with van der Waals surface area (Å²) in [5.74, 6) is 1.06. The fourth-order valence-electron chi connectivity index (χ4n) is 3.70. The summed E-state index contributed by atoms with van der Waals surface area (Å²) < 4.78 is 30.3. The summed E-state index contributed by atoms with van der Waals surface area (Å²) >= 11 is 1.08. The van der Waals surface area contributed by atoms with E-state index in [4.69, 9.17) is 0 Å². The molecule has 2 aromatic rings. The SMILES string of the molecule is Cn1c(=O)sc2cc(S(=O)(=O)NC3C4CCCCC43)ccc21. The summed E-state index contributed by atoms with van der Waals surface area (Å²) in [5, 5.41) is 0. The third kappa shape index (κ3) is 2.23. The maximum absolute atomic E-state index is 12.6. The molecule has 2 atom stereocenters. The summed E-state index contributed by atoms with van der Waals surface area (Å²) in [4.78, 5) is 11.9. The van der Waals surface area contributed by atoms with Crippen LogP contribution in [0.3, 0.4) is 0 Å². The molecule has 5 nitrogen and oxygen atoms in total. The van der Waals surface area contributed by atoms with Gasteiger partial charge in [-0.15, -0.1) is 0 Å². The van der Waals surface area contributed by atoms with Crippen LogP contribution in [-0.4, -0.2) is 19.0 Å². The van der Waals surface area contributed by atoms with Gasteiger partial charge >= 0.3 is 4.87 Å². The van der Waals surface area contributed by atoms with Crippen LogP contribution in [0.15, 0.2) is 27.9 Å². The van der Waals surface area contributed by atoms with E-state index in [2.05, 4.69) is 4.72 Å². The number of aryl methyl sites for hydroxylation is 1. The second kappa shape index (κ2) is 4.91. The Labute approximate surface area is 133 Å². The summed E-state index contributed by atoms with van der Waals surface area (Å²) in [6, 6.07) is 5.01. The molecule has 2 fully saturated rings. The predicted octanol–water partition coefficient (Wildman–Crippen LogP) is 2.07. The molecule has 2 aliphatic carbocycles. The Morgan fingerprint density at radius 1 is 1.23 bits per heavy atom. The predicted molar refractivity (Wildman–Crippen MR) is 86.6 cm³/mol. The Balaban J connectivity index is 1.64. The van der Waals surface area contributed by atoms with E-state index in [1.807, 2.05) is 0 Å². The molecule has 4 rings (SSSR count). The van der Waals surface area contributed by atoms with Crippen LogP contribution in [0.2, 0.25) is 0 Å². The molecular formula is C15H18N2O3S2. The summed E-state index contributed by atoms with van der Waals surface area (Å²) in [6.45, 7) is 0. The van der Waals surface area contributed by atoms with Crippen molar-refractivity contribution in [2.75, 3.05) is 0 Å². The van der Waals surface area contributed by atoms with Gasteiger partial charge in [-0.2, -0.15) is 0 Å². The van der Waals surface area contributed by atoms with Gasteiger partial charge in [0.1, 0.15) is 0 Å². The van der Waals surface area contributed by atoms with E-state index in [-0.39, 0.29) is 15.8 Å². The van der Waals surface area contributed by atoms with Gasteiger partial charge in [0, 0.05) is 13.1 Å². The third-order valence-electron chi connectivity index (χ3n) is 5.02. The van der Waals surface area contributed by atoms with Crippen molar-refractivity contribution in [1.82, 2.24) is 9.29 Å². The number of sulfonamides is 1. The van der Waals surface area contributed by atoms with Crippen molar-refractivity contribution in [2.24, 2.45) is 18.9 Å². The van der Waals surface area contributed by atoms with Crippen molar-refractivity contribution < 1.29 is 8.42 Å². The van der Waals surface area contributed by atoms with Crippen LogP contribution in [-0.2, 0) is 17.1 Å². The van der Waals surface area contributed by atoms with Crippen LogP contribution in [0, 0.1) is 11.8 Å². The standard InChI is InChI=1S/C15H18N2O3S2/c1-17-12-7-6-9(8-13(12)21-15(17)18)22(19,20)16-14-10-4-2-3-5-11(10)14/h6-8,10-11,14,16H,2-5H2,1H3. The summed E-state index contributed by atoms with van der Waals surface area (Å²) in [6.07, 6.45) is 4.70. The summed E-state index contributed by atoms with van der Waals surface area (Å²) in [7, 11) is -1.81. The highest BCUT2D eigenvalue weighted by atomic mass is 32.2. The lowest BCUT2D eigenvalue weighted by Crippen LogP contribution is -2.27. The number of hydrogen-bond donors (Lipinski definition) is 1. The van der Waals surface area contributed by atoms with Crippen LogP contribution >= 0.6 is 11.3 Å². The molecule has 7 heteroatoms. The monoisotopic (exact) mass is 338 g/mol. The number of thiazole rings is 1. The minimum Gasteiger partial charge on any atom is -0.302 e. The molecule has 1 aromatic carbocycles. The quantitative estimate of drug-likeness (QED) is 0.931. The Morgan fingerprint density at radius 2 is 1.91 bits per heavy atom. The molecule has 1 N–H and O–H groups in total. The molecule has 22 heavy (non-hydrogen) atoms. The number of nitrogens with one attached hydrogen (secondary N) is 1. The van der Waals surface area contributed by atoms with Gasteiger partial charge in [-0.25, -0.2) is 13.1 Å². The third-order valence-corrected chi connectivity index (χ3v) is 7.47. The van der Waals surface area contributed by atoms with E-state index in [1.165, 1.54) is 12.8 Å². The lowest BCUT2D eigenvalue weighted by molar-refractivity contribution is 0.480. The van der Waals surface area contributed by atoms with Crippen LogP contribution in [0.1, 0.15) is 25.7 Å². The maximum atomic E-state index is 12.6. The van der Waals surface area contributed by atoms with E-state index in [0.29, 0.717) is 16.5 Å². The topological polar surface area (TPSA) is 68.2 Å². The average molecular weight is 338 g/mol. The van der Waals surface area contributed by atoms with E-state index >= 15 is 0 Å². The molecule has 2 unspecified atom stereocenters. The van der Waals surface area contributed by atoms with Gasteiger partial charge in [-0.05, 0) is 42.9 Å². The van der Waals surface area contributed by atoms with Crippen LogP contribution in [0.25, 0.3) is 10.2 Å². The van der Waals surface area contributed by atoms with Crippen molar-refractivity contribution in [1.29, 1.82) is 0 Å². The van der Waals surface area contributed by atoms with Gasteiger partial charge in [-0.3, -0.25) is 4.79 Å². The molecule has 0 amide bonds. The second-order valence-electron chi connectivity index (χ2n) is 6.32. The minimum absolute atomic E-state index is 0.0780. The molecule has 0 saturated heterocycles.